The molecule has 5 rings (SSSR count). The summed E-state index contributed by atoms with van der Waals surface area (Å²) >= 11 is 0. The van der Waals surface area contributed by atoms with E-state index in [2.05, 4.69) is 39.1 Å². The number of fused-ring (bicyclic) bond motifs is 1. The van der Waals surface area contributed by atoms with Gasteiger partial charge in [-0.1, -0.05) is 12.8 Å². The molecule has 1 N–H and O–H groups in total. The highest BCUT2D eigenvalue weighted by atomic mass is 19.4. The summed E-state index contributed by atoms with van der Waals surface area (Å²) in [4.78, 5) is 21.0. The van der Waals surface area contributed by atoms with E-state index in [0.29, 0.717) is 48.7 Å². The third-order valence-corrected chi connectivity index (χ3v) is 5.85. The van der Waals surface area contributed by atoms with E-state index < -0.39 is 23.2 Å². The van der Waals surface area contributed by atoms with Gasteiger partial charge in [0, 0.05) is 35.1 Å². The number of halogens is 3. The Morgan fingerprint density at radius 3 is 2.72 bits per heavy atom. The fourth-order valence-corrected chi connectivity index (χ4v) is 3.73. The molecule has 39 heavy (non-hydrogen) atoms. The minimum absolute atomic E-state index is 0.0424. The van der Waals surface area contributed by atoms with Crippen molar-refractivity contribution in [2.75, 3.05) is 25.1 Å². The zero-order valence-corrected chi connectivity index (χ0v) is 20.4. The molecular weight excluding hydrogens is 513 g/mol. The summed E-state index contributed by atoms with van der Waals surface area (Å²) in [5.41, 5.74) is -0.323. The van der Waals surface area contributed by atoms with Gasteiger partial charge in [0.05, 0.1) is 48.8 Å². The van der Waals surface area contributed by atoms with Gasteiger partial charge in [-0.05, 0) is 36.3 Å². The molecular formula is C27H19F3N6O3. The summed E-state index contributed by atoms with van der Waals surface area (Å²) in [7, 11) is 0. The largest absolute Gasteiger partial charge is 0.476 e. The first kappa shape index (κ1) is 25.7. The number of aromatic nitrogens is 4. The van der Waals surface area contributed by atoms with Crippen molar-refractivity contribution in [2.45, 2.75) is 13.1 Å². The zero-order valence-electron chi connectivity index (χ0n) is 20.4. The normalized spacial score (nSPS) is 14.0. The SMILES string of the molecule is CC1(COc2ccc3ncc(C#Cc4cncc(C(=O)Nc5ccc(C#N)c(C(F)(F)F)c5)c4)n3n2)COC1. The molecule has 4 heterocycles. The van der Waals surface area contributed by atoms with E-state index in [4.69, 9.17) is 14.7 Å². The average molecular weight is 532 g/mol. The molecule has 1 aliphatic rings. The van der Waals surface area contributed by atoms with E-state index >= 15 is 0 Å². The molecule has 0 atom stereocenters. The molecule has 196 valence electrons. The highest BCUT2D eigenvalue weighted by Gasteiger charge is 2.35. The summed E-state index contributed by atoms with van der Waals surface area (Å²) in [6.07, 6.45) is -0.485. The van der Waals surface area contributed by atoms with Crippen LogP contribution in [0.25, 0.3) is 5.65 Å². The van der Waals surface area contributed by atoms with Gasteiger partial charge in [0.25, 0.3) is 5.91 Å². The van der Waals surface area contributed by atoms with Crippen LogP contribution in [0.2, 0.25) is 0 Å². The molecule has 0 aliphatic carbocycles. The predicted octanol–water partition coefficient (Wildman–Crippen LogP) is 4.08. The molecule has 4 aromatic rings. The van der Waals surface area contributed by atoms with Crippen LogP contribution in [0.5, 0.6) is 5.88 Å². The second kappa shape index (κ2) is 10.1. The maximum absolute atomic E-state index is 13.2. The van der Waals surface area contributed by atoms with E-state index in [1.54, 1.807) is 18.3 Å². The fraction of sp³-hybridized carbons (Fsp3) is 0.222. The van der Waals surface area contributed by atoms with Crippen LogP contribution < -0.4 is 10.1 Å². The molecule has 9 nitrogen and oxygen atoms in total. The third-order valence-electron chi connectivity index (χ3n) is 5.85. The monoisotopic (exact) mass is 532 g/mol. The molecule has 0 unspecified atom stereocenters. The number of carbonyl (C=O) groups is 1. The number of hydrogen-bond donors (Lipinski definition) is 1. The van der Waals surface area contributed by atoms with E-state index in [1.807, 2.05) is 0 Å². The number of pyridine rings is 1. The van der Waals surface area contributed by atoms with Crippen LogP contribution in [0.15, 0.2) is 55.0 Å². The maximum atomic E-state index is 13.2. The lowest BCUT2D eigenvalue weighted by Gasteiger charge is -2.37. The van der Waals surface area contributed by atoms with Crippen LogP contribution >= 0.6 is 0 Å². The van der Waals surface area contributed by atoms with Gasteiger partial charge >= 0.3 is 6.18 Å². The van der Waals surface area contributed by atoms with E-state index in [1.165, 1.54) is 35.1 Å². The summed E-state index contributed by atoms with van der Waals surface area (Å²) in [5, 5.41) is 15.8. The number of imidazole rings is 1. The van der Waals surface area contributed by atoms with Crippen molar-refractivity contribution >= 4 is 17.2 Å². The van der Waals surface area contributed by atoms with Crippen molar-refractivity contribution in [1.29, 1.82) is 5.26 Å². The number of ether oxygens (including phenoxy) is 2. The Morgan fingerprint density at radius 1 is 1.18 bits per heavy atom. The number of nitrogens with one attached hydrogen (secondary N) is 1. The summed E-state index contributed by atoms with van der Waals surface area (Å²) in [6.45, 7) is 3.78. The molecule has 0 bridgehead atoms. The number of nitrogens with zero attached hydrogens (tertiary/aromatic N) is 5. The number of amides is 1. The first-order valence-corrected chi connectivity index (χ1v) is 11.6. The Bertz CT molecular complexity index is 1680. The van der Waals surface area contributed by atoms with Gasteiger partial charge in [-0.15, -0.1) is 5.10 Å². The molecule has 1 aromatic carbocycles. The van der Waals surface area contributed by atoms with Crippen LogP contribution in [-0.4, -0.2) is 45.3 Å². The Kier molecular flexibility index (Phi) is 6.64. The molecule has 0 saturated carbocycles. The summed E-state index contributed by atoms with van der Waals surface area (Å²) in [6, 6.07) is 9.37. The third kappa shape index (κ3) is 5.66. The quantitative estimate of drug-likeness (QED) is 0.385. The number of hydrogen-bond acceptors (Lipinski definition) is 7. The van der Waals surface area contributed by atoms with Crippen LogP contribution in [0.3, 0.4) is 0 Å². The van der Waals surface area contributed by atoms with Crippen molar-refractivity contribution in [2.24, 2.45) is 5.41 Å². The molecule has 1 amide bonds. The van der Waals surface area contributed by atoms with Gasteiger partial charge in [-0.3, -0.25) is 9.78 Å². The first-order chi connectivity index (χ1) is 18.6. The topological polar surface area (TPSA) is 114 Å². The van der Waals surface area contributed by atoms with Crippen molar-refractivity contribution in [1.82, 2.24) is 19.6 Å². The zero-order chi connectivity index (χ0) is 27.6. The lowest BCUT2D eigenvalue weighted by molar-refractivity contribution is -0.137. The molecule has 1 saturated heterocycles. The standard InChI is InChI=1S/C27H19F3N6O3/c1-26(14-38-15-26)16-39-24-7-6-23-33-13-21(36(23)35-24)5-2-17-8-19(12-32-11-17)25(37)34-20-4-3-18(10-31)22(9-20)27(28,29)30/h3-4,6-9,11-13H,14-16H2,1H3,(H,34,37). The number of anilines is 1. The van der Waals surface area contributed by atoms with Gasteiger partial charge in [0.1, 0.15) is 5.69 Å². The van der Waals surface area contributed by atoms with Gasteiger partial charge < -0.3 is 14.8 Å². The van der Waals surface area contributed by atoms with Crippen molar-refractivity contribution in [3.63, 3.8) is 0 Å². The van der Waals surface area contributed by atoms with Gasteiger partial charge in [-0.2, -0.15) is 18.4 Å². The number of nitriles is 1. The minimum Gasteiger partial charge on any atom is -0.476 e. The summed E-state index contributed by atoms with van der Waals surface area (Å²) in [5.74, 6) is 5.57. The molecule has 3 aromatic heterocycles. The van der Waals surface area contributed by atoms with E-state index in [9.17, 15) is 18.0 Å². The first-order valence-electron chi connectivity index (χ1n) is 11.6. The van der Waals surface area contributed by atoms with Crippen LogP contribution in [-0.2, 0) is 10.9 Å². The van der Waals surface area contributed by atoms with Gasteiger partial charge in [-0.25, -0.2) is 9.50 Å². The van der Waals surface area contributed by atoms with Crippen molar-refractivity contribution in [3.05, 3.63) is 82.9 Å². The smallest absolute Gasteiger partial charge is 0.417 e. The van der Waals surface area contributed by atoms with E-state index in [0.717, 1.165) is 6.07 Å². The fourth-order valence-electron chi connectivity index (χ4n) is 3.73. The molecule has 1 fully saturated rings. The van der Waals surface area contributed by atoms with E-state index in [-0.39, 0.29) is 16.7 Å². The summed E-state index contributed by atoms with van der Waals surface area (Å²) < 4.78 is 52.3. The molecule has 1 aliphatic heterocycles. The lowest BCUT2D eigenvalue weighted by atomic mass is 9.90. The lowest BCUT2D eigenvalue weighted by Crippen LogP contribution is -2.44. The Labute approximate surface area is 220 Å². The van der Waals surface area contributed by atoms with Crippen LogP contribution in [0.4, 0.5) is 18.9 Å². The Balaban J connectivity index is 1.33. The van der Waals surface area contributed by atoms with Crippen LogP contribution in [0, 0.1) is 28.6 Å². The predicted molar refractivity (Wildman–Crippen MR) is 132 cm³/mol. The molecule has 0 radical (unpaired) electrons. The van der Waals surface area contributed by atoms with Gasteiger partial charge in [0.2, 0.25) is 5.88 Å². The van der Waals surface area contributed by atoms with Gasteiger partial charge in [0.15, 0.2) is 5.65 Å². The minimum atomic E-state index is -4.74. The number of benzene rings is 1. The Hall–Kier alpha value is -4.94. The number of alkyl halides is 3. The second-order valence-corrected chi connectivity index (χ2v) is 9.21. The highest BCUT2D eigenvalue weighted by Crippen LogP contribution is 2.33. The number of carbonyl (C=O) groups excluding carboxylic acids is 1. The van der Waals surface area contributed by atoms with Crippen molar-refractivity contribution < 1.29 is 27.4 Å². The Morgan fingerprint density at radius 2 is 2.00 bits per heavy atom. The maximum Gasteiger partial charge on any atom is 0.417 e. The van der Waals surface area contributed by atoms with Crippen molar-refractivity contribution in [3.8, 4) is 23.8 Å². The molecule has 12 heteroatoms. The highest BCUT2D eigenvalue weighted by molar-refractivity contribution is 6.04. The average Bonchev–Trinajstić information content (AvgIpc) is 3.31. The molecule has 0 spiro atoms. The van der Waals surface area contributed by atoms with Crippen LogP contribution in [0.1, 0.15) is 39.7 Å². The number of rotatable bonds is 5. The second-order valence-electron chi connectivity index (χ2n) is 9.21.